The Morgan fingerprint density at radius 1 is 1.12 bits per heavy atom. The molecule has 1 aromatic carbocycles. The van der Waals surface area contributed by atoms with Gasteiger partial charge in [-0.15, -0.1) is 11.3 Å². The number of thiazole rings is 1. The van der Waals surface area contributed by atoms with Crippen LogP contribution < -0.4 is 5.32 Å². The molecule has 1 amide bonds. The van der Waals surface area contributed by atoms with Crippen LogP contribution in [0.4, 0.5) is 5.13 Å². The summed E-state index contributed by atoms with van der Waals surface area (Å²) in [5, 5.41) is 5.41. The van der Waals surface area contributed by atoms with Crippen LogP contribution in [0, 0.1) is 20.8 Å². The first-order valence-electron chi connectivity index (χ1n) is 8.69. The van der Waals surface area contributed by atoms with E-state index >= 15 is 0 Å². The van der Waals surface area contributed by atoms with E-state index < -0.39 is 0 Å². The highest BCUT2D eigenvalue weighted by molar-refractivity contribution is 7.14. The number of benzene rings is 1. The van der Waals surface area contributed by atoms with Crippen molar-refractivity contribution >= 4 is 22.4 Å². The number of carbonyl (C=O) groups is 1. The molecule has 0 atom stereocenters. The Balaban J connectivity index is 1.54. The molecule has 6 heteroatoms. The van der Waals surface area contributed by atoms with Crippen LogP contribution in [0.25, 0.3) is 11.3 Å². The van der Waals surface area contributed by atoms with Crippen LogP contribution in [0.3, 0.4) is 0 Å². The van der Waals surface area contributed by atoms with E-state index in [0.29, 0.717) is 16.7 Å². The van der Waals surface area contributed by atoms with Gasteiger partial charge in [0.05, 0.1) is 5.69 Å². The van der Waals surface area contributed by atoms with Gasteiger partial charge in [-0.2, -0.15) is 0 Å². The molecule has 0 spiro atoms. The summed E-state index contributed by atoms with van der Waals surface area (Å²) in [6.07, 6.45) is 3.87. The molecule has 1 N–H and O–H groups in total. The maximum Gasteiger partial charge on any atom is 0.276 e. The number of rotatable bonds is 4. The Kier molecular flexibility index (Phi) is 4.28. The van der Waals surface area contributed by atoms with Crippen LogP contribution in [0.2, 0.25) is 0 Å². The Morgan fingerprint density at radius 2 is 1.88 bits per heavy atom. The van der Waals surface area contributed by atoms with Gasteiger partial charge in [-0.05, 0) is 62.4 Å². The first-order valence-corrected chi connectivity index (χ1v) is 9.57. The van der Waals surface area contributed by atoms with Gasteiger partial charge >= 0.3 is 0 Å². The fraction of sp³-hybridized carbons (Fsp3) is 0.300. The van der Waals surface area contributed by atoms with Crippen molar-refractivity contribution in [2.75, 3.05) is 5.32 Å². The summed E-state index contributed by atoms with van der Waals surface area (Å²) in [7, 11) is 0. The molecule has 3 aromatic rings. The van der Waals surface area contributed by atoms with Crippen molar-refractivity contribution in [1.29, 1.82) is 0 Å². The molecule has 4 rings (SSSR count). The average molecular weight is 364 g/mol. The highest BCUT2D eigenvalue weighted by Crippen LogP contribution is 2.37. The van der Waals surface area contributed by atoms with Gasteiger partial charge in [-0.1, -0.05) is 6.07 Å². The Hall–Kier alpha value is -2.60. The number of carbonyl (C=O) groups excluding carboxylic acids is 1. The molecular formula is C20H20N4OS. The molecule has 5 nitrogen and oxygen atoms in total. The smallest absolute Gasteiger partial charge is 0.276 e. The molecule has 132 valence electrons. The first kappa shape index (κ1) is 16.8. The van der Waals surface area contributed by atoms with Crippen molar-refractivity contribution in [2.24, 2.45) is 0 Å². The summed E-state index contributed by atoms with van der Waals surface area (Å²) < 4.78 is 0. The normalized spacial score (nSPS) is 13.7. The number of anilines is 1. The zero-order chi connectivity index (χ0) is 18.3. The molecule has 2 aromatic heterocycles. The monoisotopic (exact) mass is 364 g/mol. The lowest BCUT2D eigenvalue weighted by molar-refractivity contribution is 0.102. The maximum absolute atomic E-state index is 12.5. The third-order valence-corrected chi connectivity index (χ3v) is 5.45. The third-order valence-electron chi connectivity index (χ3n) is 4.69. The van der Waals surface area contributed by atoms with Crippen LogP contribution in [0.5, 0.6) is 0 Å². The molecule has 2 heterocycles. The minimum atomic E-state index is -0.244. The number of hydrogen-bond acceptors (Lipinski definition) is 5. The standard InChI is InChI=1S/C20H20N4OS/c1-11-8-13(3)15(9-12(11)2)17-10-26-20(23-17)24-19(25)16-6-7-21-18(22-16)14-4-5-14/h6-10,14H,4-5H2,1-3H3,(H,23,24,25). The predicted octanol–water partition coefficient (Wildman–Crippen LogP) is 4.66. The Labute approximate surface area is 156 Å². The van der Waals surface area contributed by atoms with Gasteiger partial charge in [0.15, 0.2) is 5.13 Å². The van der Waals surface area contributed by atoms with Crippen LogP contribution in [0.15, 0.2) is 29.8 Å². The molecular weight excluding hydrogens is 344 g/mol. The van der Waals surface area contributed by atoms with Crippen LogP contribution in [0.1, 0.15) is 51.8 Å². The van der Waals surface area contributed by atoms with Crippen molar-refractivity contribution in [3.63, 3.8) is 0 Å². The maximum atomic E-state index is 12.5. The zero-order valence-corrected chi connectivity index (χ0v) is 15.9. The highest BCUT2D eigenvalue weighted by Gasteiger charge is 2.27. The second kappa shape index (κ2) is 6.61. The SMILES string of the molecule is Cc1cc(C)c(-c2csc(NC(=O)c3ccnc(C4CC4)n3)n2)cc1C. The topological polar surface area (TPSA) is 67.8 Å². The van der Waals surface area contributed by atoms with Gasteiger partial charge in [-0.25, -0.2) is 15.0 Å². The second-order valence-electron chi connectivity index (χ2n) is 6.82. The second-order valence-corrected chi connectivity index (χ2v) is 7.68. The summed E-state index contributed by atoms with van der Waals surface area (Å²) in [4.78, 5) is 25.7. The first-order chi connectivity index (χ1) is 12.5. The summed E-state index contributed by atoms with van der Waals surface area (Å²) in [5.74, 6) is 0.942. The lowest BCUT2D eigenvalue weighted by Gasteiger charge is -2.07. The van der Waals surface area contributed by atoms with Crippen LogP contribution in [-0.4, -0.2) is 20.9 Å². The van der Waals surface area contributed by atoms with E-state index in [0.717, 1.165) is 29.9 Å². The van der Waals surface area contributed by atoms with Gasteiger partial charge in [0.1, 0.15) is 11.5 Å². The van der Waals surface area contributed by atoms with Crippen molar-refractivity contribution in [3.05, 3.63) is 58.0 Å². The van der Waals surface area contributed by atoms with E-state index in [-0.39, 0.29) is 5.91 Å². The Bertz CT molecular complexity index is 991. The number of aryl methyl sites for hydroxylation is 3. The summed E-state index contributed by atoms with van der Waals surface area (Å²) in [6, 6.07) is 5.96. The van der Waals surface area contributed by atoms with E-state index in [9.17, 15) is 4.79 Å². The number of nitrogens with one attached hydrogen (secondary N) is 1. The quantitative estimate of drug-likeness (QED) is 0.731. The molecule has 0 aliphatic heterocycles. The van der Waals surface area contributed by atoms with Crippen molar-refractivity contribution < 1.29 is 4.79 Å². The van der Waals surface area contributed by atoms with Crippen molar-refractivity contribution in [1.82, 2.24) is 15.0 Å². The fourth-order valence-corrected chi connectivity index (χ4v) is 3.60. The lowest BCUT2D eigenvalue weighted by atomic mass is 9.99. The van der Waals surface area contributed by atoms with Gasteiger partial charge in [-0.3, -0.25) is 10.1 Å². The van der Waals surface area contributed by atoms with E-state index in [4.69, 9.17) is 0 Å². The van der Waals surface area contributed by atoms with E-state index in [1.807, 2.05) is 5.38 Å². The highest BCUT2D eigenvalue weighted by atomic mass is 32.1. The average Bonchev–Trinajstić information content (AvgIpc) is 3.38. The third kappa shape index (κ3) is 3.37. The van der Waals surface area contributed by atoms with E-state index in [1.54, 1.807) is 12.3 Å². The van der Waals surface area contributed by atoms with Gasteiger partial charge in [0, 0.05) is 23.1 Å². The number of aromatic nitrogens is 3. The summed E-state index contributed by atoms with van der Waals surface area (Å²) in [6.45, 7) is 6.29. The molecule has 1 aliphatic carbocycles. The van der Waals surface area contributed by atoms with Crippen LogP contribution >= 0.6 is 11.3 Å². The van der Waals surface area contributed by atoms with Gasteiger partial charge in [0.2, 0.25) is 0 Å². The fourth-order valence-electron chi connectivity index (χ4n) is 2.89. The van der Waals surface area contributed by atoms with Gasteiger partial charge < -0.3 is 0 Å². The molecule has 0 unspecified atom stereocenters. The molecule has 26 heavy (non-hydrogen) atoms. The minimum Gasteiger partial charge on any atom is -0.296 e. The summed E-state index contributed by atoms with van der Waals surface area (Å²) in [5.41, 5.74) is 6.06. The minimum absolute atomic E-state index is 0.244. The van der Waals surface area contributed by atoms with Crippen LogP contribution in [-0.2, 0) is 0 Å². The number of nitrogens with zero attached hydrogens (tertiary/aromatic N) is 3. The summed E-state index contributed by atoms with van der Waals surface area (Å²) >= 11 is 1.42. The van der Waals surface area contributed by atoms with Crippen molar-refractivity contribution in [3.8, 4) is 11.3 Å². The van der Waals surface area contributed by atoms with Gasteiger partial charge in [0.25, 0.3) is 5.91 Å². The van der Waals surface area contributed by atoms with E-state index in [2.05, 4.69) is 53.2 Å². The van der Waals surface area contributed by atoms with E-state index in [1.165, 1.54) is 28.0 Å². The molecule has 1 saturated carbocycles. The number of amides is 1. The predicted molar refractivity (Wildman–Crippen MR) is 104 cm³/mol. The molecule has 0 bridgehead atoms. The largest absolute Gasteiger partial charge is 0.296 e. The Morgan fingerprint density at radius 3 is 2.65 bits per heavy atom. The lowest BCUT2D eigenvalue weighted by Crippen LogP contribution is -2.14. The molecule has 0 radical (unpaired) electrons. The molecule has 1 fully saturated rings. The molecule has 1 aliphatic rings. The van der Waals surface area contributed by atoms with Crippen molar-refractivity contribution in [2.45, 2.75) is 39.5 Å². The molecule has 0 saturated heterocycles. The zero-order valence-electron chi connectivity index (χ0n) is 15.0. The number of hydrogen-bond donors (Lipinski definition) is 1.